The van der Waals surface area contributed by atoms with E-state index >= 15 is 0 Å². The number of hydrogen-bond acceptors (Lipinski definition) is 5. The summed E-state index contributed by atoms with van der Waals surface area (Å²) < 4.78 is 1.80. The third-order valence-corrected chi connectivity index (χ3v) is 4.67. The Morgan fingerprint density at radius 2 is 1.86 bits per heavy atom. The first-order valence-electron chi connectivity index (χ1n) is 6.39. The van der Waals surface area contributed by atoms with Crippen molar-refractivity contribution in [2.75, 3.05) is 0 Å². The minimum Gasteiger partial charge on any atom is -0.182 e. The van der Waals surface area contributed by atoms with Crippen LogP contribution < -0.4 is 0 Å². The molecule has 0 fully saturated rings. The molecule has 0 amide bonds. The van der Waals surface area contributed by atoms with Gasteiger partial charge in [-0.15, -0.1) is 21.5 Å². The van der Waals surface area contributed by atoms with E-state index in [4.69, 9.17) is 0 Å². The minimum atomic E-state index is 0.776. The molecular formula is C15H10N4S2. The maximum atomic E-state index is 4.58. The van der Waals surface area contributed by atoms with Crippen molar-refractivity contribution < 1.29 is 0 Å². The largest absolute Gasteiger partial charge is 0.235 e. The molecule has 3 heterocycles. The molecule has 0 saturated carbocycles. The highest BCUT2D eigenvalue weighted by atomic mass is 32.1. The van der Waals surface area contributed by atoms with E-state index in [1.807, 2.05) is 42.5 Å². The summed E-state index contributed by atoms with van der Waals surface area (Å²) in [5.41, 5.74) is 1.02. The monoisotopic (exact) mass is 310 g/mol. The second-order valence-electron chi connectivity index (χ2n) is 4.37. The Balaban J connectivity index is 1.73. The molecule has 6 heteroatoms. The molecule has 4 rings (SSSR count). The van der Waals surface area contributed by atoms with Crippen LogP contribution in [0.25, 0.3) is 28.5 Å². The molecular weight excluding hydrogens is 300 g/mol. The van der Waals surface area contributed by atoms with Gasteiger partial charge in [0.25, 0.3) is 0 Å². The maximum absolute atomic E-state index is 4.58. The Hall–Kier alpha value is -2.31. The molecule has 21 heavy (non-hydrogen) atoms. The summed E-state index contributed by atoms with van der Waals surface area (Å²) >= 11 is 3.24. The van der Waals surface area contributed by atoms with Crippen molar-refractivity contribution in [2.24, 2.45) is 0 Å². The molecule has 0 aliphatic rings. The standard InChI is InChI=1S/C15H10N4S2/c1-2-5-11(6-3-1)14-16-17-15-19(14)18-13(21-15)9-8-12-7-4-10-20-12/h1-10H/b9-8+. The Morgan fingerprint density at radius 3 is 2.67 bits per heavy atom. The van der Waals surface area contributed by atoms with Gasteiger partial charge in [0, 0.05) is 10.4 Å². The van der Waals surface area contributed by atoms with Crippen molar-refractivity contribution >= 4 is 39.8 Å². The van der Waals surface area contributed by atoms with Crippen LogP contribution in [-0.2, 0) is 0 Å². The molecule has 4 nitrogen and oxygen atoms in total. The fraction of sp³-hybridized carbons (Fsp3) is 0. The molecule has 0 unspecified atom stereocenters. The molecule has 0 radical (unpaired) electrons. The van der Waals surface area contributed by atoms with Gasteiger partial charge in [-0.3, -0.25) is 0 Å². The van der Waals surface area contributed by atoms with Crippen LogP contribution in [0.15, 0.2) is 47.8 Å². The number of aromatic nitrogens is 4. The molecule has 0 aliphatic carbocycles. The van der Waals surface area contributed by atoms with Gasteiger partial charge in [0.05, 0.1) is 0 Å². The molecule has 3 aromatic heterocycles. The molecule has 0 saturated heterocycles. The summed E-state index contributed by atoms with van der Waals surface area (Å²) in [6.45, 7) is 0. The molecule has 102 valence electrons. The summed E-state index contributed by atoms with van der Waals surface area (Å²) in [6.07, 6.45) is 4.08. The number of fused-ring (bicyclic) bond motifs is 1. The lowest BCUT2D eigenvalue weighted by molar-refractivity contribution is 0.960. The predicted octanol–water partition coefficient (Wildman–Crippen LogP) is 4.08. The zero-order valence-electron chi connectivity index (χ0n) is 10.9. The quantitative estimate of drug-likeness (QED) is 0.572. The molecule has 0 bridgehead atoms. The van der Waals surface area contributed by atoms with E-state index in [1.165, 1.54) is 16.2 Å². The van der Waals surface area contributed by atoms with Crippen LogP contribution in [0.4, 0.5) is 0 Å². The first kappa shape index (κ1) is 12.4. The van der Waals surface area contributed by atoms with Gasteiger partial charge in [-0.25, -0.2) is 0 Å². The topological polar surface area (TPSA) is 43.1 Å². The molecule has 0 spiro atoms. The molecule has 0 atom stereocenters. The van der Waals surface area contributed by atoms with Crippen LogP contribution in [0, 0.1) is 0 Å². The van der Waals surface area contributed by atoms with Gasteiger partial charge in [0.15, 0.2) is 5.82 Å². The SMILES string of the molecule is C(=C\c1nn2c(-c3ccccc3)nnc2s1)/c1cccs1. The number of nitrogens with zero attached hydrogens (tertiary/aromatic N) is 4. The van der Waals surface area contributed by atoms with Gasteiger partial charge in [0.1, 0.15) is 5.01 Å². The first-order valence-corrected chi connectivity index (χ1v) is 8.09. The lowest BCUT2D eigenvalue weighted by Crippen LogP contribution is -1.90. The third-order valence-electron chi connectivity index (χ3n) is 2.97. The van der Waals surface area contributed by atoms with Gasteiger partial charge in [-0.1, -0.05) is 47.7 Å². The van der Waals surface area contributed by atoms with Crippen molar-refractivity contribution in [3.63, 3.8) is 0 Å². The van der Waals surface area contributed by atoms with Crippen LogP contribution in [-0.4, -0.2) is 19.8 Å². The second-order valence-corrected chi connectivity index (χ2v) is 6.34. The van der Waals surface area contributed by atoms with Gasteiger partial charge in [0.2, 0.25) is 4.96 Å². The van der Waals surface area contributed by atoms with Crippen LogP contribution in [0.3, 0.4) is 0 Å². The Morgan fingerprint density at radius 1 is 0.952 bits per heavy atom. The summed E-state index contributed by atoms with van der Waals surface area (Å²) in [5.74, 6) is 0.776. The van der Waals surface area contributed by atoms with E-state index in [0.29, 0.717) is 0 Å². The van der Waals surface area contributed by atoms with Crippen LogP contribution in [0.5, 0.6) is 0 Å². The highest BCUT2D eigenvalue weighted by Crippen LogP contribution is 2.22. The van der Waals surface area contributed by atoms with E-state index in [0.717, 1.165) is 21.4 Å². The average molecular weight is 310 g/mol. The highest BCUT2D eigenvalue weighted by Gasteiger charge is 2.11. The lowest BCUT2D eigenvalue weighted by atomic mass is 10.2. The third kappa shape index (κ3) is 2.39. The Bertz CT molecular complexity index is 888. The first-order chi connectivity index (χ1) is 10.4. The average Bonchev–Trinajstić information content (AvgIpc) is 3.22. The summed E-state index contributed by atoms with van der Waals surface area (Å²) in [7, 11) is 0. The summed E-state index contributed by atoms with van der Waals surface area (Å²) in [4.78, 5) is 2.02. The molecule has 1 aromatic carbocycles. The number of rotatable bonds is 3. The minimum absolute atomic E-state index is 0.776. The number of benzene rings is 1. The van der Waals surface area contributed by atoms with Crippen molar-refractivity contribution in [2.45, 2.75) is 0 Å². The van der Waals surface area contributed by atoms with Gasteiger partial charge in [-0.05, 0) is 23.6 Å². The fourth-order valence-corrected chi connectivity index (χ4v) is 3.36. The Kier molecular flexibility index (Phi) is 3.10. The van der Waals surface area contributed by atoms with Crippen molar-refractivity contribution in [3.8, 4) is 11.4 Å². The van der Waals surface area contributed by atoms with Crippen molar-refractivity contribution in [3.05, 3.63) is 57.7 Å². The fourth-order valence-electron chi connectivity index (χ4n) is 2.01. The zero-order chi connectivity index (χ0) is 14.1. The summed E-state index contributed by atoms with van der Waals surface area (Å²) in [6, 6.07) is 14.1. The number of thiophene rings is 1. The van der Waals surface area contributed by atoms with Crippen LogP contribution >= 0.6 is 22.7 Å². The van der Waals surface area contributed by atoms with E-state index < -0.39 is 0 Å². The lowest BCUT2D eigenvalue weighted by Gasteiger charge is -1.94. The molecule has 0 N–H and O–H groups in total. The highest BCUT2D eigenvalue weighted by molar-refractivity contribution is 7.17. The van der Waals surface area contributed by atoms with Crippen LogP contribution in [0.2, 0.25) is 0 Å². The zero-order valence-corrected chi connectivity index (χ0v) is 12.5. The Labute approximate surface area is 129 Å². The normalized spacial score (nSPS) is 11.6. The van der Waals surface area contributed by atoms with Gasteiger partial charge < -0.3 is 0 Å². The second kappa shape index (κ2) is 5.23. The van der Waals surface area contributed by atoms with Crippen molar-refractivity contribution in [1.29, 1.82) is 0 Å². The smallest absolute Gasteiger partial charge is 0.182 e. The summed E-state index contributed by atoms with van der Waals surface area (Å²) in [5, 5.41) is 16.0. The van der Waals surface area contributed by atoms with E-state index in [2.05, 4.69) is 32.8 Å². The predicted molar refractivity (Wildman–Crippen MR) is 87.3 cm³/mol. The van der Waals surface area contributed by atoms with E-state index in [9.17, 15) is 0 Å². The number of hydrogen-bond donors (Lipinski definition) is 0. The van der Waals surface area contributed by atoms with E-state index in [-0.39, 0.29) is 0 Å². The van der Waals surface area contributed by atoms with Crippen molar-refractivity contribution in [1.82, 2.24) is 19.8 Å². The van der Waals surface area contributed by atoms with Gasteiger partial charge in [-0.2, -0.15) is 9.61 Å². The molecule has 4 aromatic rings. The van der Waals surface area contributed by atoms with E-state index in [1.54, 1.807) is 15.9 Å². The van der Waals surface area contributed by atoms with Gasteiger partial charge >= 0.3 is 0 Å². The maximum Gasteiger partial charge on any atom is 0.235 e. The molecule has 0 aliphatic heterocycles. The van der Waals surface area contributed by atoms with Crippen LogP contribution in [0.1, 0.15) is 9.88 Å².